The van der Waals surface area contributed by atoms with Gasteiger partial charge in [0.25, 0.3) is 0 Å². The first-order valence-electron chi connectivity index (χ1n) is 24.1. The molecule has 0 aromatic carbocycles. The third-order valence-electron chi connectivity index (χ3n) is 10.2. The molecule has 0 rings (SSSR count). The van der Waals surface area contributed by atoms with E-state index in [2.05, 4.69) is 39.1 Å². The summed E-state index contributed by atoms with van der Waals surface area (Å²) in [5, 5.41) is 34.7. The van der Waals surface area contributed by atoms with E-state index in [1.165, 1.54) is 167 Å². The predicted octanol–water partition coefficient (Wildman–Crippen LogP) is 15.6. The molecule has 56 heavy (non-hydrogen) atoms. The van der Waals surface area contributed by atoms with Crippen LogP contribution in [0.5, 0.6) is 0 Å². The Morgan fingerprint density at radius 2 is 0.661 bits per heavy atom. The molecule has 0 aliphatic heterocycles. The predicted molar refractivity (Wildman–Crippen MR) is 253 cm³/mol. The molecule has 0 aliphatic carbocycles. The lowest BCUT2D eigenvalue weighted by Crippen LogP contribution is -2.03. The molecule has 2 unspecified atom stereocenters. The SMILES string of the molecule is CC(O)CCCCS.CCC(O)CCCS.CCCCCCCCCCCCCCCCCC(=O)O.CCCCCCCCCCCCCCCCCC(=O)O. The van der Waals surface area contributed by atoms with Crippen molar-refractivity contribution >= 4 is 37.2 Å². The van der Waals surface area contributed by atoms with Crippen LogP contribution in [0.25, 0.3) is 0 Å². The second-order valence-electron chi connectivity index (χ2n) is 16.2. The van der Waals surface area contributed by atoms with Crippen LogP contribution < -0.4 is 0 Å². The summed E-state index contributed by atoms with van der Waals surface area (Å²) in [6.45, 7) is 8.35. The summed E-state index contributed by atoms with van der Waals surface area (Å²) in [6, 6.07) is 0. The first-order valence-corrected chi connectivity index (χ1v) is 25.4. The largest absolute Gasteiger partial charge is 0.481 e. The van der Waals surface area contributed by atoms with Crippen LogP contribution in [0.15, 0.2) is 0 Å². The molecule has 0 heterocycles. The van der Waals surface area contributed by atoms with Crippen molar-refractivity contribution in [3.63, 3.8) is 0 Å². The number of unbranched alkanes of at least 4 members (excludes halogenated alkanes) is 29. The number of hydrogen-bond donors (Lipinski definition) is 6. The lowest BCUT2D eigenvalue weighted by molar-refractivity contribution is -0.138. The minimum Gasteiger partial charge on any atom is -0.481 e. The molecule has 0 saturated heterocycles. The highest BCUT2D eigenvalue weighted by Crippen LogP contribution is 2.15. The normalized spacial score (nSPS) is 11.7. The zero-order chi connectivity index (χ0) is 42.6. The Morgan fingerprint density at radius 1 is 0.393 bits per heavy atom. The Kier molecular flexibility index (Phi) is 65.4. The van der Waals surface area contributed by atoms with Crippen molar-refractivity contribution in [2.24, 2.45) is 0 Å². The highest BCUT2D eigenvalue weighted by Gasteiger charge is 1.99. The summed E-state index contributed by atoms with van der Waals surface area (Å²) in [7, 11) is 0. The first-order chi connectivity index (χ1) is 27.1. The third kappa shape index (κ3) is 74.5. The van der Waals surface area contributed by atoms with E-state index in [0.29, 0.717) is 12.8 Å². The highest BCUT2D eigenvalue weighted by molar-refractivity contribution is 7.80. The quantitative estimate of drug-likeness (QED) is 0.0271. The highest BCUT2D eigenvalue weighted by atomic mass is 32.1. The van der Waals surface area contributed by atoms with Crippen LogP contribution in [0.4, 0.5) is 0 Å². The fourth-order valence-electron chi connectivity index (χ4n) is 6.38. The average molecular weight is 837 g/mol. The van der Waals surface area contributed by atoms with E-state index in [1.807, 2.05) is 13.8 Å². The zero-order valence-corrected chi connectivity index (χ0v) is 39.7. The second-order valence-corrected chi connectivity index (χ2v) is 17.1. The van der Waals surface area contributed by atoms with Crippen molar-refractivity contribution in [1.82, 2.24) is 0 Å². The Balaban J connectivity index is -0.000000350. The Labute approximate surface area is 361 Å². The molecule has 4 N–H and O–H groups in total. The van der Waals surface area contributed by atoms with Crippen LogP contribution in [-0.2, 0) is 9.59 Å². The Hall–Kier alpha value is -0.440. The molecule has 0 aromatic rings. The smallest absolute Gasteiger partial charge is 0.303 e. The maximum absolute atomic E-state index is 10.3. The van der Waals surface area contributed by atoms with Gasteiger partial charge < -0.3 is 20.4 Å². The van der Waals surface area contributed by atoms with Gasteiger partial charge in [-0.15, -0.1) is 0 Å². The number of rotatable bonds is 40. The van der Waals surface area contributed by atoms with Crippen LogP contribution in [0, 0.1) is 0 Å². The van der Waals surface area contributed by atoms with Gasteiger partial charge >= 0.3 is 11.9 Å². The van der Waals surface area contributed by atoms with Crippen LogP contribution >= 0.6 is 25.3 Å². The fourth-order valence-corrected chi connectivity index (χ4v) is 6.78. The molecule has 0 radical (unpaired) electrons. The lowest BCUT2D eigenvalue weighted by atomic mass is 10.0. The van der Waals surface area contributed by atoms with Gasteiger partial charge in [-0.3, -0.25) is 9.59 Å². The maximum Gasteiger partial charge on any atom is 0.303 e. The molecule has 0 saturated carbocycles. The van der Waals surface area contributed by atoms with E-state index in [9.17, 15) is 9.59 Å². The molecular formula is C48H100O6S2. The van der Waals surface area contributed by atoms with E-state index in [-0.39, 0.29) is 12.2 Å². The molecule has 0 aliphatic rings. The molecule has 0 bridgehead atoms. The van der Waals surface area contributed by atoms with Crippen LogP contribution in [-0.4, -0.2) is 56.1 Å². The van der Waals surface area contributed by atoms with E-state index in [0.717, 1.165) is 75.7 Å². The molecule has 0 spiro atoms. The van der Waals surface area contributed by atoms with Crippen LogP contribution in [0.2, 0.25) is 0 Å². The van der Waals surface area contributed by atoms with Gasteiger partial charge in [0.1, 0.15) is 0 Å². The van der Waals surface area contributed by atoms with Gasteiger partial charge in [-0.05, 0) is 63.4 Å². The van der Waals surface area contributed by atoms with E-state index >= 15 is 0 Å². The summed E-state index contributed by atoms with van der Waals surface area (Å²) >= 11 is 8.06. The van der Waals surface area contributed by atoms with Gasteiger partial charge in [-0.1, -0.05) is 207 Å². The molecule has 6 nitrogen and oxygen atoms in total. The molecular weight excluding hydrogens is 737 g/mol. The van der Waals surface area contributed by atoms with Crippen molar-refractivity contribution < 1.29 is 30.0 Å². The second kappa shape index (κ2) is 58.9. The fraction of sp³-hybridized carbons (Fsp3) is 0.958. The first kappa shape index (κ1) is 62.2. The van der Waals surface area contributed by atoms with Gasteiger partial charge in [0.15, 0.2) is 0 Å². The van der Waals surface area contributed by atoms with E-state index in [4.69, 9.17) is 20.4 Å². The molecule has 0 aromatic heterocycles. The van der Waals surface area contributed by atoms with Gasteiger partial charge in [0.2, 0.25) is 0 Å². The summed E-state index contributed by atoms with van der Waals surface area (Å²) < 4.78 is 0. The van der Waals surface area contributed by atoms with Crippen LogP contribution in [0.1, 0.15) is 272 Å². The minimum atomic E-state index is -0.653. The number of carboxylic acid groups (broad SMARTS) is 2. The Bertz CT molecular complexity index is 665. The number of aliphatic hydroxyl groups excluding tert-OH is 2. The third-order valence-corrected chi connectivity index (χ3v) is 10.8. The van der Waals surface area contributed by atoms with Crippen molar-refractivity contribution in [1.29, 1.82) is 0 Å². The standard InChI is InChI=1S/2C18H36O2.2C6H14OS/c2*1-2-3-4-5-6-7-8-9-10-11-12-13-14-15-16-17-18(19)20;1-6(7)4-2-3-5-8;1-2-6(7)4-3-5-8/h2*2-17H2,1H3,(H,19,20);2*6-8H,2-5H2,1H3. The van der Waals surface area contributed by atoms with Gasteiger partial charge in [-0.2, -0.15) is 25.3 Å². The number of carboxylic acids is 2. The molecule has 340 valence electrons. The number of carbonyl (C=O) groups is 2. The minimum absolute atomic E-state index is 0.0952. The monoisotopic (exact) mass is 837 g/mol. The van der Waals surface area contributed by atoms with Gasteiger partial charge in [0.05, 0.1) is 12.2 Å². The van der Waals surface area contributed by atoms with Crippen molar-refractivity contribution in [3.05, 3.63) is 0 Å². The average Bonchev–Trinajstić information content (AvgIpc) is 3.17. The number of thiol groups is 2. The molecule has 0 amide bonds. The maximum atomic E-state index is 10.3. The lowest BCUT2D eigenvalue weighted by Gasteiger charge is -2.03. The molecule has 2 atom stereocenters. The molecule has 8 heteroatoms. The van der Waals surface area contributed by atoms with Crippen molar-refractivity contribution in [2.75, 3.05) is 11.5 Å². The summed E-state index contributed by atoms with van der Waals surface area (Å²) in [5.74, 6) is 0.517. The topological polar surface area (TPSA) is 115 Å². The Morgan fingerprint density at radius 3 is 0.875 bits per heavy atom. The summed E-state index contributed by atoms with van der Waals surface area (Å²) in [5.41, 5.74) is 0. The molecule has 0 fully saturated rings. The zero-order valence-electron chi connectivity index (χ0n) is 37.9. The van der Waals surface area contributed by atoms with E-state index in [1.54, 1.807) is 0 Å². The van der Waals surface area contributed by atoms with Crippen molar-refractivity contribution in [2.45, 2.75) is 284 Å². The van der Waals surface area contributed by atoms with Crippen LogP contribution in [0.3, 0.4) is 0 Å². The van der Waals surface area contributed by atoms with Crippen molar-refractivity contribution in [3.8, 4) is 0 Å². The van der Waals surface area contributed by atoms with Gasteiger partial charge in [0, 0.05) is 12.8 Å². The number of aliphatic hydroxyl groups is 2. The number of hydrogen-bond acceptors (Lipinski definition) is 6. The summed E-state index contributed by atoms with van der Waals surface area (Å²) in [4.78, 5) is 20.7. The number of aliphatic carboxylic acids is 2. The van der Waals surface area contributed by atoms with E-state index < -0.39 is 11.9 Å². The van der Waals surface area contributed by atoms with Gasteiger partial charge in [-0.25, -0.2) is 0 Å². The summed E-state index contributed by atoms with van der Waals surface area (Å²) in [6.07, 6.45) is 46.1.